The number of benzene rings is 1. The molecule has 1 aromatic rings. The second-order valence-electron chi connectivity index (χ2n) is 3.06. The van der Waals surface area contributed by atoms with Crippen LogP contribution in [-0.2, 0) is 8.98 Å². The lowest BCUT2D eigenvalue weighted by Gasteiger charge is -2.02. The Labute approximate surface area is 94.5 Å². The topological polar surface area (TPSA) is 26.3 Å². The Morgan fingerprint density at radius 3 is 2.67 bits per heavy atom. The number of allylic oxidation sites excluding steroid dienone is 1. The van der Waals surface area contributed by atoms with Gasteiger partial charge in [-0.3, -0.25) is 0 Å². The van der Waals surface area contributed by atoms with E-state index in [1.165, 1.54) is 0 Å². The van der Waals surface area contributed by atoms with E-state index in [9.17, 15) is 4.79 Å². The average Bonchev–Trinajstić information content (AvgIpc) is 2.27. The molecular weight excluding hydrogens is 208 g/mol. The normalized spacial score (nSPS) is 11.2. The number of carbonyl (C=O) groups is 1. The first-order valence-corrected chi connectivity index (χ1v) is 5.59. The number of hydrogen-bond donors (Lipinski definition) is 0. The lowest BCUT2D eigenvalue weighted by Crippen LogP contribution is -1.99. The van der Waals surface area contributed by atoms with Crippen molar-refractivity contribution >= 4 is 18.0 Å². The Balaban J connectivity index is 2.45. The first-order valence-electron chi connectivity index (χ1n) is 4.84. The Morgan fingerprint density at radius 1 is 1.40 bits per heavy atom. The average molecular weight is 222 g/mol. The molecule has 0 saturated carbocycles. The molecule has 0 aliphatic carbocycles. The highest BCUT2D eigenvalue weighted by Gasteiger charge is 2.06. The van der Waals surface area contributed by atoms with Crippen LogP contribution in [0.3, 0.4) is 0 Å². The minimum Gasteiger partial charge on any atom is -0.383 e. The van der Waals surface area contributed by atoms with Crippen LogP contribution in [0.25, 0.3) is 0 Å². The third kappa shape index (κ3) is 4.21. The molecule has 0 radical (unpaired) electrons. The molecule has 0 aliphatic rings. The van der Waals surface area contributed by atoms with Crippen molar-refractivity contribution in [1.82, 2.24) is 0 Å². The van der Waals surface area contributed by atoms with Crippen LogP contribution in [0.5, 0.6) is 0 Å². The van der Waals surface area contributed by atoms with Crippen molar-refractivity contribution in [2.24, 2.45) is 0 Å². The summed E-state index contributed by atoms with van der Waals surface area (Å²) in [5.41, 5.74) is 0.654. The van der Waals surface area contributed by atoms with Crippen LogP contribution in [0.4, 0.5) is 0 Å². The van der Waals surface area contributed by atoms with E-state index < -0.39 is 0 Å². The van der Waals surface area contributed by atoms with Gasteiger partial charge in [0.1, 0.15) is 0 Å². The number of rotatable bonds is 4. The predicted octanol–water partition coefficient (Wildman–Crippen LogP) is 3.59. The summed E-state index contributed by atoms with van der Waals surface area (Å²) in [7, 11) is 0. The van der Waals surface area contributed by atoms with Crippen molar-refractivity contribution < 1.29 is 8.98 Å². The van der Waals surface area contributed by atoms with Gasteiger partial charge < -0.3 is 4.18 Å². The monoisotopic (exact) mass is 222 g/mol. The highest BCUT2D eigenvalue weighted by molar-refractivity contribution is 7.95. The van der Waals surface area contributed by atoms with Gasteiger partial charge >= 0.3 is 5.97 Å². The van der Waals surface area contributed by atoms with Crippen LogP contribution >= 0.6 is 12.0 Å². The Kier molecular flexibility index (Phi) is 4.98. The largest absolute Gasteiger partial charge is 0.383 e. The van der Waals surface area contributed by atoms with Gasteiger partial charge in [-0.15, -0.1) is 0 Å². The van der Waals surface area contributed by atoms with Crippen LogP contribution in [0.15, 0.2) is 46.9 Å². The van der Waals surface area contributed by atoms with Gasteiger partial charge in [0, 0.05) is 10.5 Å². The van der Waals surface area contributed by atoms with Crippen LogP contribution in [0.2, 0.25) is 0 Å². The molecular formula is C12H14O2S. The van der Waals surface area contributed by atoms with Crippen molar-refractivity contribution in [1.29, 1.82) is 0 Å². The Morgan fingerprint density at radius 2 is 2.07 bits per heavy atom. The van der Waals surface area contributed by atoms with E-state index in [1.54, 1.807) is 6.92 Å². The summed E-state index contributed by atoms with van der Waals surface area (Å²) in [6, 6.07) is 9.54. The Hall–Kier alpha value is -1.22. The van der Waals surface area contributed by atoms with Gasteiger partial charge in [0.25, 0.3) is 0 Å². The quantitative estimate of drug-likeness (QED) is 0.575. The fourth-order valence-corrected chi connectivity index (χ4v) is 1.59. The molecule has 0 unspecified atom stereocenters. The number of hydrogen-bond acceptors (Lipinski definition) is 3. The lowest BCUT2D eigenvalue weighted by atomic mass is 10.2. The van der Waals surface area contributed by atoms with Gasteiger partial charge in [0.2, 0.25) is 0 Å². The molecule has 0 heterocycles. The van der Waals surface area contributed by atoms with Gasteiger partial charge in [0.15, 0.2) is 0 Å². The van der Waals surface area contributed by atoms with E-state index in [0.717, 1.165) is 23.4 Å². The van der Waals surface area contributed by atoms with Crippen molar-refractivity contribution in [3.63, 3.8) is 0 Å². The fraction of sp³-hybridized carbons (Fsp3) is 0.250. The molecule has 0 fully saturated rings. The molecule has 0 aliphatic heterocycles. The number of carbonyl (C=O) groups excluding carboxylic acids is 1. The lowest BCUT2D eigenvalue weighted by molar-refractivity contribution is -0.128. The van der Waals surface area contributed by atoms with Crippen LogP contribution < -0.4 is 0 Å². The zero-order chi connectivity index (χ0) is 11.1. The zero-order valence-corrected chi connectivity index (χ0v) is 9.71. The molecule has 1 rings (SSSR count). The maximum atomic E-state index is 11.4. The van der Waals surface area contributed by atoms with E-state index in [4.69, 9.17) is 4.18 Å². The molecule has 0 saturated heterocycles. The summed E-state index contributed by atoms with van der Waals surface area (Å²) in [4.78, 5) is 12.3. The molecule has 0 spiro atoms. The minimum absolute atomic E-state index is 0.272. The summed E-state index contributed by atoms with van der Waals surface area (Å²) in [6.07, 6.45) is 2.70. The molecule has 0 aromatic heterocycles. The Bertz CT molecular complexity index is 344. The second-order valence-corrected chi connectivity index (χ2v) is 3.87. The van der Waals surface area contributed by atoms with Crippen molar-refractivity contribution in [2.45, 2.75) is 25.2 Å². The van der Waals surface area contributed by atoms with Gasteiger partial charge in [-0.1, -0.05) is 31.2 Å². The summed E-state index contributed by atoms with van der Waals surface area (Å²) in [5.74, 6) is -0.272. The predicted molar refractivity (Wildman–Crippen MR) is 62.4 cm³/mol. The minimum atomic E-state index is -0.272. The molecule has 0 bridgehead atoms. The molecule has 1 aromatic carbocycles. The summed E-state index contributed by atoms with van der Waals surface area (Å²) < 4.78 is 5.05. The molecule has 2 nitrogen and oxygen atoms in total. The SMILES string of the molecule is CCC=C(C)C(=O)OSc1ccccc1. The first-order chi connectivity index (χ1) is 7.24. The highest BCUT2D eigenvalue weighted by Crippen LogP contribution is 2.19. The van der Waals surface area contributed by atoms with E-state index in [0.29, 0.717) is 5.57 Å². The van der Waals surface area contributed by atoms with Crippen molar-refractivity contribution in [3.05, 3.63) is 42.0 Å². The van der Waals surface area contributed by atoms with E-state index in [-0.39, 0.29) is 5.97 Å². The molecule has 0 N–H and O–H groups in total. The summed E-state index contributed by atoms with van der Waals surface area (Å²) in [6.45, 7) is 3.75. The van der Waals surface area contributed by atoms with Gasteiger partial charge in [-0.25, -0.2) is 4.79 Å². The second kappa shape index (κ2) is 6.30. The molecule has 0 atom stereocenters. The maximum Gasteiger partial charge on any atom is 0.345 e. The third-order valence-corrected chi connectivity index (χ3v) is 2.49. The maximum absolute atomic E-state index is 11.4. The smallest absolute Gasteiger partial charge is 0.345 e. The molecule has 3 heteroatoms. The molecule has 0 amide bonds. The van der Waals surface area contributed by atoms with Crippen LogP contribution in [0, 0.1) is 0 Å². The fourth-order valence-electron chi connectivity index (χ4n) is 1.02. The van der Waals surface area contributed by atoms with Gasteiger partial charge in [-0.05, 0) is 25.5 Å². The van der Waals surface area contributed by atoms with Crippen LogP contribution in [0.1, 0.15) is 20.3 Å². The van der Waals surface area contributed by atoms with Crippen LogP contribution in [-0.4, -0.2) is 5.97 Å². The van der Waals surface area contributed by atoms with Crippen molar-refractivity contribution in [3.8, 4) is 0 Å². The van der Waals surface area contributed by atoms with E-state index >= 15 is 0 Å². The molecule has 80 valence electrons. The zero-order valence-electron chi connectivity index (χ0n) is 8.90. The summed E-state index contributed by atoms with van der Waals surface area (Å²) in [5, 5.41) is 0. The first kappa shape index (κ1) is 11.9. The van der Waals surface area contributed by atoms with E-state index in [1.807, 2.05) is 43.3 Å². The molecule has 15 heavy (non-hydrogen) atoms. The van der Waals surface area contributed by atoms with Gasteiger partial charge in [-0.2, -0.15) is 0 Å². The third-order valence-electron chi connectivity index (χ3n) is 1.79. The summed E-state index contributed by atoms with van der Waals surface area (Å²) >= 11 is 1.09. The van der Waals surface area contributed by atoms with E-state index in [2.05, 4.69) is 0 Å². The standard InChI is InChI=1S/C12H14O2S/c1-3-7-10(2)12(13)14-15-11-8-5-4-6-9-11/h4-9H,3H2,1-2H3. The highest BCUT2D eigenvalue weighted by atomic mass is 32.2. The van der Waals surface area contributed by atoms with Gasteiger partial charge in [0.05, 0.1) is 12.0 Å². The van der Waals surface area contributed by atoms with Crippen molar-refractivity contribution in [2.75, 3.05) is 0 Å².